The van der Waals surface area contributed by atoms with Crippen LogP contribution in [0, 0.1) is 0 Å². The number of thiocarbonyl (C=S) groups is 1. The number of rotatable bonds is 1. The van der Waals surface area contributed by atoms with E-state index in [1.165, 1.54) is 0 Å². The van der Waals surface area contributed by atoms with Crippen LogP contribution in [-0.2, 0) is 0 Å². The third kappa shape index (κ3) is 1.63. The van der Waals surface area contributed by atoms with Crippen LogP contribution in [0.15, 0.2) is 0 Å². The summed E-state index contributed by atoms with van der Waals surface area (Å²) in [5, 5.41) is 0.501. The topological polar surface area (TPSA) is 28.7 Å². The first kappa shape index (κ1) is 8.33. The van der Waals surface area contributed by atoms with Gasteiger partial charge in [-0.05, 0) is 0 Å². The zero-order valence-electron chi connectivity index (χ0n) is 4.56. The molecule has 0 bridgehead atoms. The fraction of sp³-hybridized carbons (Fsp3) is 0. The summed E-state index contributed by atoms with van der Waals surface area (Å²) in [6.45, 7) is 0. The molecule has 1 heterocycles. The summed E-state index contributed by atoms with van der Waals surface area (Å²) in [7, 11) is 0. The van der Waals surface area contributed by atoms with Gasteiger partial charge in [0.25, 0.3) is 0 Å². The van der Waals surface area contributed by atoms with Gasteiger partial charge in [-0.1, -0.05) is 35.4 Å². The maximum Gasteiger partial charge on any atom is 0.166 e. The number of halogens is 2. The molecule has 10 heavy (non-hydrogen) atoms. The Morgan fingerprint density at radius 3 is 2.40 bits per heavy atom. The molecule has 0 aliphatic carbocycles. The number of hydrogen-bond donors (Lipinski definition) is 2. The molecule has 0 saturated heterocycles. The Morgan fingerprint density at radius 2 is 2.20 bits per heavy atom. The summed E-state index contributed by atoms with van der Waals surface area (Å²) in [6, 6.07) is 0. The Balaban J connectivity index is 3.10. The average Bonchev–Trinajstić information content (AvgIpc) is 2.13. The molecule has 0 aliphatic rings. The van der Waals surface area contributed by atoms with Gasteiger partial charge < -0.3 is 4.98 Å². The van der Waals surface area contributed by atoms with Crippen LogP contribution in [-0.4, -0.2) is 14.2 Å². The van der Waals surface area contributed by atoms with Gasteiger partial charge in [-0.25, -0.2) is 4.98 Å². The number of imidazole rings is 1. The van der Waals surface area contributed by atoms with Crippen LogP contribution in [0.2, 0.25) is 10.3 Å². The highest BCUT2D eigenvalue weighted by molar-refractivity contribution is 8.11. The summed E-state index contributed by atoms with van der Waals surface area (Å²) in [5.74, 6) is 0.424. The lowest BCUT2D eigenvalue weighted by Crippen LogP contribution is -1.88. The Hall–Kier alpha value is 0.230. The molecule has 0 atom stereocenters. The first-order valence-corrected chi connectivity index (χ1v) is 3.86. The van der Waals surface area contributed by atoms with Crippen molar-refractivity contribution in [3.8, 4) is 0 Å². The maximum absolute atomic E-state index is 5.53. The molecule has 0 amide bonds. The molecule has 1 aromatic rings. The molecule has 0 unspecified atom stereocenters. The van der Waals surface area contributed by atoms with Gasteiger partial charge in [0.05, 0.1) is 0 Å². The van der Waals surface area contributed by atoms with Crippen LogP contribution < -0.4 is 0 Å². The molecule has 54 valence electrons. The quantitative estimate of drug-likeness (QED) is 0.553. The number of aromatic amines is 1. The van der Waals surface area contributed by atoms with Gasteiger partial charge >= 0.3 is 0 Å². The van der Waals surface area contributed by atoms with E-state index in [1.54, 1.807) is 0 Å². The Bertz CT molecular complexity index is 251. The average molecular weight is 213 g/mol. The van der Waals surface area contributed by atoms with E-state index in [2.05, 4.69) is 34.8 Å². The van der Waals surface area contributed by atoms with E-state index in [0.29, 0.717) is 10.0 Å². The molecule has 2 nitrogen and oxygen atoms in total. The summed E-state index contributed by atoms with van der Waals surface area (Å²) in [4.78, 5) is 6.42. The maximum atomic E-state index is 5.53. The van der Waals surface area contributed by atoms with Crippen molar-refractivity contribution >= 4 is 52.2 Å². The van der Waals surface area contributed by atoms with E-state index in [9.17, 15) is 0 Å². The first-order valence-electron chi connectivity index (χ1n) is 2.25. The van der Waals surface area contributed by atoms with Crippen molar-refractivity contribution in [2.45, 2.75) is 0 Å². The van der Waals surface area contributed by atoms with E-state index >= 15 is 0 Å². The van der Waals surface area contributed by atoms with Crippen molar-refractivity contribution in [1.29, 1.82) is 0 Å². The van der Waals surface area contributed by atoms with E-state index in [4.69, 9.17) is 23.2 Å². The van der Waals surface area contributed by atoms with Crippen molar-refractivity contribution in [1.82, 2.24) is 9.97 Å². The highest BCUT2D eigenvalue weighted by Crippen LogP contribution is 2.18. The van der Waals surface area contributed by atoms with Gasteiger partial charge in [0.2, 0.25) is 0 Å². The van der Waals surface area contributed by atoms with Crippen molar-refractivity contribution < 1.29 is 0 Å². The molecule has 0 spiro atoms. The van der Waals surface area contributed by atoms with E-state index < -0.39 is 0 Å². The smallest absolute Gasteiger partial charge is 0.166 e. The molecule has 1 rings (SSSR count). The molecular formula is C4H2Cl2N2S2. The van der Waals surface area contributed by atoms with E-state index in [0.717, 1.165) is 0 Å². The Labute approximate surface area is 78.3 Å². The summed E-state index contributed by atoms with van der Waals surface area (Å²) < 4.78 is 0.341. The third-order valence-electron chi connectivity index (χ3n) is 0.822. The number of nitrogens with zero attached hydrogens (tertiary/aromatic N) is 1. The zero-order chi connectivity index (χ0) is 7.72. The third-order valence-corrected chi connectivity index (χ3v) is 1.87. The Morgan fingerprint density at radius 1 is 1.60 bits per heavy atom. The number of H-pyrrole nitrogens is 1. The standard InChI is InChI=1S/C4H2Cl2N2S2/c5-1-2(6)8-3(7-1)4(9)10/h(H,7,8)(H,9,10). The SMILES string of the molecule is S=C(S)c1nc(Cl)c(Cl)[nH]1. The summed E-state index contributed by atoms with van der Waals surface area (Å²) in [6.07, 6.45) is 0. The highest BCUT2D eigenvalue weighted by atomic mass is 35.5. The summed E-state index contributed by atoms with van der Waals surface area (Å²) in [5.41, 5.74) is 0. The van der Waals surface area contributed by atoms with Crippen LogP contribution in [0.25, 0.3) is 0 Å². The van der Waals surface area contributed by atoms with Crippen LogP contribution >= 0.6 is 48.0 Å². The monoisotopic (exact) mass is 212 g/mol. The van der Waals surface area contributed by atoms with Crippen molar-refractivity contribution in [3.05, 3.63) is 16.1 Å². The lowest BCUT2D eigenvalue weighted by Gasteiger charge is -1.83. The van der Waals surface area contributed by atoms with Crippen LogP contribution in [0.5, 0.6) is 0 Å². The Kier molecular flexibility index (Phi) is 2.57. The zero-order valence-corrected chi connectivity index (χ0v) is 7.78. The number of nitrogens with one attached hydrogen (secondary N) is 1. The predicted octanol–water partition coefficient (Wildman–Crippen LogP) is 2.32. The van der Waals surface area contributed by atoms with Gasteiger partial charge in [0.15, 0.2) is 11.0 Å². The second-order valence-electron chi connectivity index (χ2n) is 1.50. The van der Waals surface area contributed by atoms with E-state index in [1.807, 2.05) is 0 Å². The lowest BCUT2D eigenvalue weighted by atomic mass is 10.7. The van der Waals surface area contributed by atoms with Crippen LogP contribution in [0.4, 0.5) is 0 Å². The largest absolute Gasteiger partial charge is 0.327 e. The molecule has 6 heteroatoms. The first-order chi connectivity index (χ1) is 4.61. The summed E-state index contributed by atoms with van der Waals surface area (Å²) >= 11 is 19.6. The molecular weight excluding hydrogens is 211 g/mol. The predicted molar refractivity (Wildman–Crippen MR) is 49.3 cm³/mol. The van der Waals surface area contributed by atoms with Gasteiger partial charge in [-0.15, -0.1) is 12.6 Å². The fourth-order valence-corrected chi connectivity index (χ4v) is 0.898. The van der Waals surface area contributed by atoms with Crippen LogP contribution in [0.1, 0.15) is 5.82 Å². The van der Waals surface area contributed by atoms with Crippen LogP contribution in [0.3, 0.4) is 0 Å². The van der Waals surface area contributed by atoms with Gasteiger partial charge in [-0.3, -0.25) is 0 Å². The molecule has 0 saturated carbocycles. The van der Waals surface area contributed by atoms with E-state index in [-0.39, 0.29) is 10.3 Å². The van der Waals surface area contributed by atoms with Crippen molar-refractivity contribution in [2.75, 3.05) is 0 Å². The molecule has 0 fully saturated rings. The highest BCUT2D eigenvalue weighted by Gasteiger charge is 2.06. The minimum Gasteiger partial charge on any atom is -0.327 e. The number of hydrogen-bond acceptors (Lipinski definition) is 2. The molecule has 0 radical (unpaired) electrons. The lowest BCUT2D eigenvalue weighted by molar-refractivity contribution is 1.28. The second-order valence-corrected chi connectivity index (χ2v) is 3.39. The van der Waals surface area contributed by atoms with Crippen molar-refractivity contribution in [3.63, 3.8) is 0 Å². The minimum absolute atomic E-state index is 0.216. The van der Waals surface area contributed by atoms with Gasteiger partial charge in [0.1, 0.15) is 9.35 Å². The molecule has 1 N–H and O–H groups in total. The van der Waals surface area contributed by atoms with Gasteiger partial charge in [-0.2, -0.15) is 0 Å². The number of aromatic nitrogens is 2. The molecule has 0 aliphatic heterocycles. The number of thiol groups is 1. The normalized spacial score (nSPS) is 9.90. The second kappa shape index (κ2) is 3.09. The fourth-order valence-electron chi connectivity index (χ4n) is 0.432. The minimum atomic E-state index is 0.216. The van der Waals surface area contributed by atoms with Crippen molar-refractivity contribution in [2.24, 2.45) is 0 Å². The molecule has 0 aromatic carbocycles. The van der Waals surface area contributed by atoms with Gasteiger partial charge in [0, 0.05) is 0 Å². The molecule has 1 aromatic heterocycles.